The van der Waals surface area contributed by atoms with E-state index in [1.54, 1.807) is 18.2 Å². The van der Waals surface area contributed by atoms with Gasteiger partial charge in [0.05, 0.1) is 23.2 Å². The zero-order chi connectivity index (χ0) is 54.3. The van der Waals surface area contributed by atoms with Gasteiger partial charge in [-0.2, -0.15) is 0 Å². The van der Waals surface area contributed by atoms with Gasteiger partial charge in [-0.05, 0) is 126 Å². The summed E-state index contributed by atoms with van der Waals surface area (Å²) in [6.45, 7) is 6.99. The van der Waals surface area contributed by atoms with E-state index in [0.29, 0.717) is 59.3 Å². The van der Waals surface area contributed by atoms with E-state index in [9.17, 15) is 20.3 Å². The number of aliphatic hydroxyl groups excluding tert-OH is 2. The largest absolute Gasteiger partial charge is 0.459 e. The molecule has 0 bridgehead atoms. The Kier molecular flexibility index (Phi) is 19.5. The molecule has 2 aliphatic heterocycles. The summed E-state index contributed by atoms with van der Waals surface area (Å²) in [6, 6.07) is 31.6. The number of hydrogen-bond acceptors (Lipinski definition) is 12. The minimum Gasteiger partial charge on any atom is -0.459 e. The third kappa shape index (κ3) is 13.2. The van der Waals surface area contributed by atoms with Crippen LogP contribution in [0.3, 0.4) is 0 Å². The number of ether oxygens (including phenoxy) is 5. The van der Waals surface area contributed by atoms with Crippen LogP contribution in [0, 0.1) is 27.9 Å². The van der Waals surface area contributed by atoms with E-state index in [4.69, 9.17) is 33.7 Å². The molecule has 2 aliphatic carbocycles. The summed E-state index contributed by atoms with van der Waals surface area (Å²) < 4.78 is 33.3. The number of nitrogens with zero attached hydrogens (tertiary/aromatic N) is 3. The van der Waals surface area contributed by atoms with Crippen LogP contribution in [0.1, 0.15) is 139 Å². The van der Waals surface area contributed by atoms with Gasteiger partial charge in [-0.15, -0.1) is 6.58 Å². The standard InChI is InChI=1S/C64H77N3O11/c1-3-5-6-7-8-9-10-11-12-23-61(70)66(42-46-26-32-58-59(37-46)74-44-73-58)60-41-56(65-76-43-45-24-28-50(29-25-45)67(71)72)54-39-49(21-15-17-34-68)53(22-16-18-35-69)62-55-40-52(77-51-30-27-47-19-13-14-20-48(47)38-51)31-33-57(55)78-64(60,63(54)62)75-36-4-2/h4,13-14,19-20,24-33,37-40,49,53,60,62-63,68-69H,2-3,5-12,15-18,21-23,34-36,41-44H2,1H3/t49-,53+,60-,62+,63+,64+/m0/s1. The zero-order valence-electron chi connectivity index (χ0n) is 45.2. The molecule has 0 spiro atoms. The third-order valence-corrected chi connectivity index (χ3v) is 16.1. The average molecular weight is 1060 g/mol. The number of fused-ring (bicyclic) bond motifs is 4. The molecule has 6 atom stereocenters. The molecule has 2 N–H and O–H groups in total. The van der Waals surface area contributed by atoms with Crippen molar-refractivity contribution in [3.63, 3.8) is 0 Å². The second kappa shape index (κ2) is 27.2. The fraction of sp³-hybridized carbons (Fsp3) is 0.469. The van der Waals surface area contributed by atoms with E-state index < -0.39 is 22.7 Å². The molecule has 414 valence electrons. The van der Waals surface area contributed by atoms with Crippen molar-refractivity contribution < 1.29 is 48.5 Å². The lowest BCUT2D eigenvalue weighted by Gasteiger charge is -2.60. The number of nitro benzene ring substituents is 1. The van der Waals surface area contributed by atoms with Crippen molar-refractivity contribution in [1.29, 1.82) is 0 Å². The number of allylic oxidation sites excluding steroid dienone is 1. The average Bonchev–Trinajstić information content (AvgIpc) is 2.89. The van der Waals surface area contributed by atoms with Crippen LogP contribution in [0.25, 0.3) is 10.8 Å². The van der Waals surface area contributed by atoms with E-state index in [1.165, 1.54) is 44.2 Å². The van der Waals surface area contributed by atoms with E-state index >= 15 is 4.79 Å². The predicted octanol–water partition coefficient (Wildman–Crippen LogP) is 14.1. The molecular formula is C64H77N3O11. The number of non-ortho nitro benzene ring substituents is 1. The first-order chi connectivity index (χ1) is 38.2. The Bertz CT molecular complexity index is 2890. The predicted molar refractivity (Wildman–Crippen MR) is 302 cm³/mol. The Labute approximate surface area is 459 Å². The molecule has 14 nitrogen and oxygen atoms in total. The molecule has 78 heavy (non-hydrogen) atoms. The molecule has 1 amide bonds. The van der Waals surface area contributed by atoms with E-state index in [2.05, 4.69) is 43.8 Å². The molecule has 0 saturated heterocycles. The number of unbranched alkanes of at least 4 members (excludes halogenated alkanes) is 10. The number of oxime groups is 1. The van der Waals surface area contributed by atoms with Gasteiger partial charge in [0.15, 0.2) is 11.5 Å². The minimum atomic E-state index is -1.48. The fourth-order valence-electron chi connectivity index (χ4n) is 12.3. The van der Waals surface area contributed by atoms with Crippen LogP contribution < -0.4 is 18.9 Å². The highest BCUT2D eigenvalue weighted by molar-refractivity contribution is 6.03. The van der Waals surface area contributed by atoms with Crippen molar-refractivity contribution >= 4 is 28.1 Å². The SMILES string of the molecule is C=CCO[C@@]12Oc3ccc(Oc4ccc5ccccc5c4)cc3[C@H]3[C@H](CCCCO)[C@@H](CCCCO)C=C(C(=NOCc4ccc([N+](=O)[O-])cc4)C[C@@H]1N(Cc1ccc4c(c1)OCO4)C(=O)CCCCCCCCCCC)[C@H]32. The third-order valence-electron chi connectivity index (χ3n) is 16.1. The number of benzene rings is 5. The second-order valence-corrected chi connectivity index (χ2v) is 21.4. The van der Waals surface area contributed by atoms with E-state index in [0.717, 1.165) is 78.8 Å². The van der Waals surface area contributed by atoms with Crippen molar-refractivity contribution in [3.05, 3.63) is 154 Å². The molecular weight excluding hydrogens is 987 g/mol. The van der Waals surface area contributed by atoms with Crippen molar-refractivity contribution in [1.82, 2.24) is 4.90 Å². The Hall–Kier alpha value is -6.74. The molecule has 5 aromatic carbocycles. The topological polar surface area (TPSA) is 172 Å². The molecule has 2 heterocycles. The quantitative estimate of drug-likeness (QED) is 0.0194. The molecule has 4 aliphatic rings. The van der Waals surface area contributed by atoms with Gasteiger partial charge in [-0.1, -0.05) is 125 Å². The maximum Gasteiger partial charge on any atom is 0.269 e. The van der Waals surface area contributed by atoms with E-state index in [-0.39, 0.29) is 75.5 Å². The van der Waals surface area contributed by atoms with Gasteiger partial charge in [0.1, 0.15) is 29.9 Å². The van der Waals surface area contributed by atoms with Gasteiger partial charge in [0.2, 0.25) is 18.5 Å². The van der Waals surface area contributed by atoms with Crippen molar-refractivity contribution in [2.24, 2.45) is 22.9 Å². The molecule has 0 aromatic heterocycles. The summed E-state index contributed by atoms with van der Waals surface area (Å²) in [4.78, 5) is 34.9. The number of amides is 1. The van der Waals surface area contributed by atoms with Crippen LogP contribution >= 0.6 is 0 Å². The fourth-order valence-corrected chi connectivity index (χ4v) is 12.3. The molecule has 1 saturated carbocycles. The first kappa shape index (κ1) is 56.0. The molecule has 0 unspecified atom stereocenters. The Morgan fingerprint density at radius 1 is 0.795 bits per heavy atom. The van der Waals surface area contributed by atoms with Gasteiger partial charge in [0.25, 0.3) is 5.69 Å². The first-order valence-corrected chi connectivity index (χ1v) is 28.5. The summed E-state index contributed by atoms with van der Waals surface area (Å²) in [5, 5.41) is 39.1. The lowest BCUT2D eigenvalue weighted by Crippen LogP contribution is -2.70. The Morgan fingerprint density at radius 2 is 1.49 bits per heavy atom. The summed E-state index contributed by atoms with van der Waals surface area (Å²) in [7, 11) is 0. The summed E-state index contributed by atoms with van der Waals surface area (Å²) in [5.41, 5.74) is 4.03. The molecule has 1 fully saturated rings. The van der Waals surface area contributed by atoms with Gasteiger partial charge in [0, 0.05) is 56.2 Å². The molecule has 14 heteroatoms. The normalized spacial score (nSPS) is 21.3. The van der Waals surface area contributed by atoms with Crippen molar-refractivity contribution in [2.75, 3.05) is 26.6 Å². The number of nitro groups is 1. The maximum absolute atomic E-state index is 15.5. The number of carbonyl (C=O) groups excluding carboxylic acids is 1. The van der Waals surface area contributed by atoms with E-state index in [1.807, 2.05) is 59.5 Å². The number of hydrogen-bond donors (Lipinski definition) is 2. The Balaban J connectivity index is 1.18. The highest BCUT2D eigenvalue weighted by atomic mass is 16.7. The Morgan fingerprint density at radius 3 is 2.24 bits per heavy atom. The molecule has 5 aromatic rings. The first-order valence-electron chi connectivity index (χ1n) is 28.5. The molecule has 0 radical (unpaired) electrons. The maximum atomic E-state index is 15.5. The number of carbonyl (C=O) groups is 1. The van der Waals surface area contributed by atoms with Crippen LogP contribution in [0.4, 0.5) is 5.69 Å². The van der Waals surface area contributed by atoms with Crippen LogP contribution in [0.15, 0.2) is 133 Å². The van der Waals surface area contributed by atoms with Gasteiger partial charge in [-0.3, -0.25) is 14.9 Å². The minimum absolute atomic E-state index is 0.00437. The highest BCUT2D eigenvalue weighted by Crippen LogP contribution is 2.62. The summed E-state index contributed by atoms with van der Waals surface area (Å²) >= 11 is 0. The zero-order valence-corrected chi connectivity index (χ0v) is 45.2. The van der Waals surface area contributed by atoms with Crippen LogP contribution in [-0.4, -0.2) is 70.1 Å². The second-order valence-electron chi connectivity index (χ2n) is 21.4. The van der Waals surface area contributed by atoms with Crippen LogP contribution in [-0.2, 0) is 27.5 Å². The lowest BCUT2D eigenvalue weighted by molar-refractivity contribution is -0.384. The van der Waals surface area contributed by atoms with Gasteiger partial charge in [-0.25, -0.2) is 0 Å². The number of rotatable bonds is 30. The summed E-state index contributed by atoms with van der Waals surface area (Å²) in [5.74, 6) is 0.881. The van der Waals surface area contributed by atoms with Crippen molar-refractivity contribution in [3.8, 4) is 28.7 Å². The monoisotopic (exact) mass is 1060 g/mol. The number of aliphatic hydroxyl groups is 2. The van der Waals surface area contributed by atoms with Gasteiger partial charge >= 0.3 is 0 Å². The lowest BCUT2D eigenvalue weighted by atomic mass is 9.55. The summed E-state index contributed by atoms with van der Waals surface area (Å²) in [6.07, 6.45) is 19.0. The smallest absolute Gasteiger partial charge is 0.269 e. The van der Waals surface area contributed by atoms with Gasteiger partial charge < -0.3 is 43.6 Å². The highest BCUT2D eigenvalue weighted by Gasteiger charge is 2.65. The van der Waals surface area contributed by atoms with Crippen LogP contribution in [0.5, 0.6) is 28.7 Å². The molecule has 9 rings (SSSR count). The van der Waals surface area contributed by atoms with Crippen molar-refractivity contribution in [2.45, 2.75) is 147 Å². The van der Waals surface area contributed by atoms with Crippen LogP contribution in [0.2, 0.25) is 0 Å².